The molecule has 60 heavy (non-hydrogen) atoms. The van der Waals surface area contributed by atoms with Crippen molar-refractivity contribution in [1.29, 1.82) is 0 Å². The lowest BCUT2D eigenvalue weighted by Gasteiger charge is -2.37. The molecule has 0 aliphatic carbocycles. The van der Waals surface area contributed by atoms with Gasteiger partial charge in [0.25, 0.3) is 0 Å². The van der Waals surface area contributed by atoms with Crippen molar-refractivity contribution in [1.82, 2.24) is 19.0 Å². The second kappa shape index (κ2) is 18.1. The Hall–Kier alpha value is -4.73. The van der Waals surface area contributed by atoms with Crippen LogP contribution in [0.1, 0.15) is 63.3 Å². The molecular weight excluding hydrogens is 810 g/mol. The Kier molecular flexibility index (Phi) is 13.5. The lowest BCUT2D eigenvalue weighted by molar-refractivity contribution is -0.147. The smallest absolute Gasteiger partial charge is 0.411 e. The molecule has 2 aromatic heterocycles. The number of thioether (sulfide) groups is 1. The summed E-state index contributed by atoms with van der Waals surface area (Å²) in [6.07, 6.45) is 3.11. The van der Waals surface area contributed by atoms with Gasteiger partial charge in [-0.1, -0.05) is 44.8 Å². The minimum absolute atomic E-state index is 0.00603. The molecule has 0 spiro atoms. The number of aromatic nitrogens is 3. The van der Waals surface area contributed by atoms with Gasteiger partial charge in [0.1, 0.15) is 41.6 Å². The lowest BCUT2D eigenvalue weighted by Crippen LogP contribution is -2.45. The summed E-state index contributed by atoms with van der Waals surface area (Å²) in [6, 6.07) is 12.3. The van der Waals surface area contributed by atoms with Gasteiger partial charge < -0.3 is 28.1 Å². The summed E-state index contributed by atoms with van der Waals surface area (Å²) < 4.78 is 75.5. The van der Waals surface area contributed by atoms with Crippen molar-refractivity contribution in [2.24, 2.45) is 5.92 Å². The van der Waals surface area contributed by atoms with Crippen LogP contribution in [0, 0.1) is 30.3 Å². The number of rotatable bonds is 14. The number of amides is 1. The molecule has 0 saturated carbocycles. The molecular formula is C45H55F3N4O6SSi. The monoisotopic (exact) mass is 864 g/mol. The maximum atomic E-state index is 16.7. The van der Waals surface area contributed by atoms with Crippen molar-refractivity contribution in [2.45, 2.75) is 103 Å². The molecule has 322 valence electrons. The van der Waals surface area contributed by atoms with Gasteiger partial charge in [0.15, 0.2) is 11.6 Å². The summed E-state index contributed by atoms with van der Waals surface area (Å²) in [5, 5.41) is 0.792. The first-order valence-corrected chi connectivity index (χ1v) is 25.2. The van der Waals surface area contributed by atoms with E-state index in [1.165, 1.54) is 40.9 Å². The number of halogens is 3. The summed E-state index contributed by atoms with van der Waals surface area (Å²) in [5.74, 6) is -2.36. The van der Waals surface area contributed by atoms with E-state index in [1.807, 2.05) is 27.7 Å². The molecule has 3 aromatic carbocycles. The minimum atomic E-state index is -1.27. The van der Waals surface area contributed by atoms with E-state index in [0.717, 1.165) is 11.4 Å². The molecule has 3 heterocycles. The van der Waals surface area contributed by atoms with Crippen molar-refractivity contribution in [2.75, 3.05) is 26.0 Å². The van der Waals surface area contributed by atoms with Gasteiger partial charge in [0.2, 0.25) is 0 Å². The molecule has 10 nitrogen and oxygen atoms in total. The first-order valence-electron chi connectivity index (χ1n) is 20.2. The molecule has 2 unspecified atom stereocenters. The SMILES string of the molecule is CCOC(=O)C(C)Cc1cccc(C2c3nc(-c4cc(Oc5c(F)cc6c(ccn6COCC[Si](C)(C)C)c5SC)ccc4F)c(C)n3CCN2C(=O)OC(C)(C)C)c1F. The zero-order chi connectivity index (χ0) is 43.7. The average Bonchev–Trinajstić information content (AvgIpc) is 3.73. The Morgan fingerprint density at radius 2 is 1.78 bits per heavy atom. The molecule has 2 atom stereocenters. The summed E-state index contributed by atoms with van der Waals surface area (Å²) in [4.78, 5) is 33.2. The van der Waals surface area contributed by atoms with Crippen molar-refractivity contribution in [3.8, 4) is 22.8 Å². The standard InChI is InChI=1S/C45H55F3N4O6SSi/c1-11-56-43(53)27(2)23-29-13-12-14-32(37(29)48)39-42-49-38(28(3)51(42)19-20-52(39)44(54)58-45(4,5)6)33-24-30(15-16-34(33)46)57-40-35(47)25-36-31(41(40)59-7)17-18-50(36)26-55-21-22-60(8,9)10/h12-18,24-25,27,39H,11,19-23,26H2,1-10H3. The summed E-state index contributed by atoms with van der Waals surface area (Å²) in [7, 11) is -1.27. The average molecular weight is 865 g/mol. The maximum absolute atomic E-state index is 16.7. The molecule has 0 fully saturated rings. The number of nitrogens with zero attached hydrogens (tertiary/aromatic N) is 4. The van der Waals surface area contributed by atoms with Crippen LogP contribution in [-0.2, 0) is 38.7 Å². The number of hydrogen-bond acceptors (Lipinski definition) is 8. The Balaban J connectivity index is 1.37. The molecule has 1 aliphatic rings. The molecule has 1 amide bonds. The van der Waals surface area contributed by atoms with Crippen LogP contribution in [0.25, 0.3) is 22.2 Å². The Bertz CT molecular complexity index is 2390. The van der Waals surface area contributed by atoms with Crippen LogP contribution in [-0.4, -0.2) is 70.8 Å². The Morgan fingerprint density at radius 1 is 1.03 bits per heavy atom. The third kappa shape index (κ3) is 9.73. The van der Waals surface area contributed by atoms with Gasteiger partial charge in [0, 0.05) is 62.2 Å². The fourth-order valence-corrected chi connectivity index (χ4v) is 8.81. The molecule has 5 aromatic rings. The van der Waals surface area contributed by atoms with Crippen LogP contribution >= 0.6 is 11.8 Å². The largest absolute Gasteiger partial charge is 0.466 e. The van der Waals surface area contributed by atoms with E-state index in [-0.39, 0.29) is 60.0 Å². The quantitative estimate of drug-likeness (QED) is 0.0471. The first-order chi connectivity index (χ1) is 28.3. The molecule has 0 N–H and O–H groups in total. The first kappa shape index (κ1) is 44.8. The summed E-state index contributed by atoms with van der Waals surface area (Å²) in [6.45, 7) is 18.8. The molecule has 0 radical (unpaired) electrons. The number of hydrogen-bond donors (Lipinski definition) is 0. The van der Waals surface area contributed by atoms with Crippen LogP contribution in [0.4, 0.5) is 18.0 Å². The number of benzene rings is 3. The number of imidazole rings is 1. The van der Waals surface area contributed by atoms with E-state index >= 15 is 13.2 Å². The van der Waals surface area contributed by atoms with Crippen LogP contribution in [0.5, 0.6) is 11.5 Å². The van der Waals surface area contributed by atoms with E-state index in [0.29, 0.717) is 35.3 Å². The van der Waals surface area contributed by atoms with E-state index in [4.69, 9.17) is 23.9 Å². The molecule has 6 rings (SSSR count). The third-order valence-electron chi connectivity index (χ3n) is 10.4. The van der Waals surface area contributed by atoms with Gasteiger partial charge in [-0.05, 0) is 83.2 Å². The highest BCUT2D eigenvalue weighted by molar-refractivity contribution is 7.99. The van der Waals surface area contributed by atoms with Crippen molar-refractivity contribution >= 4 is 42.8 Å². The fourth-order valence-electron chi connectivity index (χ4n) is 7.34. The maximum Gasteiger partial charge on any atom is 0.411 e. The van der Waals surface area contributed by atoms with Gasteiger partial charge in [0.05, 0.1) is 28.6 Å². The van der Waals surface area contributed by atoms with Crippen LogP contribution in [0.15, 0.2) is 59.6 Å². The minimum Gasteiger partial charge on any atom is -0.466 e. The number of carbonyl (C=O) groups is 2. The van der Waals surface area contributed by atoms with E-state index in [1.54, 1.807) is 59.7 Å². The van der Waals surface area contributed by atoms with Crippen LogP contribution in [0.2, 0.25) is 25.7 Å². The number of ether oxygens (including phenoxy) is 4. The normalized spacial score (nSPS) is 14.9. The molecule has 15 heteroatoms. The van der Waals surface area contributed by atoms with Gasteiger partial charge in [-0.3, -0.25) is 9.69 Å². The molecule has 1 aliphatic heterocycles. The van der Waals surface area contributed by atoms with E-state index in [9.17, 15) is 9.59 Å². The van der Waals surface area contributed by atoms with E-state index < -0.39 is 55.1 Å². The van der Waals surface area contributed by atoms with Gasteiger partial charge in [-0.15, -0.1) is 11.8 Å². The second-order valence-electron chi connectivity index (χ2n) is 17.3. The Morgan fingerprint density at radius 3 is 2.47 bits per heavy atom. The van der Waals surface area contributed by atoms with Crippen molar-refractivity contribution in [3.05, 3.63) is 94.8 Å². The van der Waals surface area contributed by atoms with Crippen molar-refractivity contribution in [3.63, 3.8) is 0 Å². The van der Waals surface area contributed by atoms with Crippen LogP contribution < -0.4 is 4.74 Å². The molecule has 0 bridgehead atoms. The van der Waals surface area contributed by atoms with Crippen molar-refractivity contribution < 1.29 is 41.7 Å². The number of fused-ring (bicyclic) bond motifs is 2. The lowest BCUT2D eigenvalue weighted by atomic mass is 9.94. The second-order valence-corrected chi connectivity index (χ2v) is 23.8. The fraction of sp³-hybridized carbons (Fsp3) is 0.444. The molecule has 0 saturated heterocycles. The Labute approximate surface area is 355 Å². The highest BCUT2D eigenvalue weighted by atomic mass is 32.2. The topological polar surface area (TPSA) is 97.0 Å². The third-order valence-corrected chi connectivity index (χ3v) is 12.9. The zero-order valence-electron chi connectivity index (χ0n) is 36.1. The predicted molar refractivity (Wildman–Crippen MR) is 231 cm³/mol. The zero-order valence-corrected chi connectivity index (χ0v) is 37.9. The van der Waals surface area contributed by atoms with Gasteiger partial charge in [-0.2, -0.15) is 0 Å². The number of carbonyl (C=O) groups excluding carboxylic acids is 2. The van der Waals surface area contributed by atoms with Gasteiger partial charge >= 0.3 is 12.1 Å². The highest BCUT2D eigenvalue weighted by Crippen LogP contribution is 2.43. The summed E-state index contributed by atoms with van der Waals surface area (Å²) >= 11 is 1.34. The van der Waals surface area contributed by atoms with E-state index in [2.05, 4.69) is 19.6 Å². The highest BCUT2D eigenvalue weighted by Gasteiger charge is 2.40. The van der Waals surface area contributed by atoms with Gasteiger partial charge in [-0.25, -0.2) is 22.9 Å². The van der Waals surface area contributed by atoms with Crippen LogP contribution in [0.3, 0.4) is 0 Å². The summed E-state index contributed by atoms with van der Waals surface area (Å²) in [5.41, 5.74) is 1.15. The predicted octanol–water partition coefficient (Wildman–Crippen LogP) is 11.1. The number of esters is 1.